The number of benzene rings is 1. The molecule has 2 heteroatoms. The summed E-state index contributed by atoms with van der Waals surface area (Å²) < 4.78 is 12.1. The minimum absolute atomic E-state index is 0.446. The summed E-state index contributed by atoms with van der Waals surface area (Å²) in [6.07, 6.45) is 6.17. The SMILES string of the molecule is O=[P+](c1ccccc1)C1CCCCC1. The Balaban J connectivity index is 2.07. The highest BCUT2D eigenvalue weighted by Crippen LogP contribution is 2.37. The molecule has 0 N–H and O–H groups in total. The van der Waals surface area contributed by atoms with Gasteiger partial charge in [0.15, 0.2) is 11.0 Å². The second-order valence-electron chi connectivity index (χ2n) is 3.95. The molecule has 0 radical (unpaired) electrons. The summed E-state index contributed by atoms with van der Waals surface area (Å²) in [5.41, 5.74) is 0.446. The molecule has 1 nitrogen and oxygen atoms in total. The first-order chi connectivity index (χ1) is 6.88. The van der Waals surface area contributed by atoms with Crippen molar-refractivity contribution in [1.82, 2.24) is 0 Å². The van der Waals surface area contributed by atoms with Gasteiger partial charge >= 0.3 is 7.80 Å². The quantitative estimate of drug-likeness (QED) is 0.678. The Morgan fingerprint density at radius 1 is 1.00 bits per heavy atom. The zero-order valence-electron chi connectivity index (χ0n) is 8.36. The molecule has 1 aromatic rings. The van der Waals surface area contributed by atoms with Gasteiger partial charge in [-0.3, -0.25) is 0 Å². The lowest BCUT2D eigenvalue weighted by atomic mass is 10.0. The molecule has 0 heterocycles. The number of hydrogen-bond donors (Lipinski definition) is 0. The number of rotatable bonds is 2. The van der Waals surface area contributed by atoms with Crippen molar-refractivity contribution in [2.24, 2.45) is 0 Å². The number of hydrogen-bond acceptors (Lipinski definition) is 1. The molecule has 1 saturated carbocycles. The van der Waals surface area contributed by atoms with E-state index in [1.807, 2.05) is 30.3 Å². The predicted molar refractivity (Wildman–Crippen MR) is 60.6 cm³/mol. The Kier molecular flexibility index (Phi) is 3.31. The molecule has 2 rings (SSSR count). The molecule has 0 bridgehead atoms. The maximum Gasteiger partial charge on any atom is 0.379 e. The molecular formula is C12H16OP+. The molecule has 1 unspecified atom stereocenters. The molecule has 0 aliphatic heterocycles. The smallest absolute Gasteiger partial charge is 0.0678 e. The maximum atomic E-state index is 12.1. The van der Waals surface area contributed by atoms with Crippen LogP contribution in [0, 0.1) is 0 Å². The van der Waals surface area contributed by atoms with Gasteiger partial charge in [0.05, 0.1) is 0 Å². The topological polar surface area (TPSA) is 17.1 Å². The molecule has 1 aromatic carbocycles. The first kappa shape index (κ1) is 9.86. The Hall–Kier alpha value is -0.680. The Labute approximate surface area is 86.3 Å². The van der Waals surface area contributed by atoms with Crippen LogP contribution in [-0.2, 0) is 4.57 Å². The van der Waals surface area contributed by atoms with Gasteiger partial charge in [-0.25, -0.2) is 0 Å². The highest BCUT2D eigenvalue weighted by molar-refractivity contribution is 7.54. The zero-order chi connectivity index (χ0) is 9.80. The molecule has 1 aliphatic carbocycles. The first-order valence-corrected chi connectivity index (χ1v) is 6.72. The molecule has 1 atom stereocenters. The van der Waals surface area contributed by atoms with Crippen molar-refractivity contribution in [2.45, 2.75) is 37.8 Å². The van der Waals surface area contributed by atoms with Crippen molar-refractivity contribution in [2.75, 3.05) is 0 Å². The third-order valence-electron chi connectivity index (χ3n) is 2.92. The average Bonchev–Trinajstić information content (AvgIpc) is 2.30. The fourth-order valence-electron chi connectivity index (χ4n) is 2.10. The van der Waals surface area contributed by atoms with E-state index in [4.69, 9.17) is 0 Å². The minimum Gasteiger partial charge on any atom is -0.0678 e. The van der Waals surface area contributed by atoms with Gasteiger partial charge in [-0.05, 0) is 37.8 Å². The third-order valence-corrected chi connectivity index (χ3v) is 4.90. The predicted octanol–water partition coefficient (Wildman–Crippen LogP) is 3.47. The van der Waals surface area contributed by atoms with Crippen LogP contribution in [0.2, 0.25) is 0 Å². The van der Waals surface area contributed by atoms with E-state index in [-0.39, 0.29) is 0 Å². The summed E-state index contributed by atoms with van der Waals surface area (Å²) in [6.45, 7) is 0. The maximum absolute atomic E-state index is 12.1. The van der Waals surface area contributed by atoms with Crippen LogP contribution in [0.3, 0.4) is 0 Å². The summed E-state index contributed by atoms with van der Waals surface area (Å²) in [5, 5.41) is 1.04. The van der Waals surface area contributed by atoms with Crippen molar-refractivity contribution >= 4 is 13.1 Å². The van der Waals surface area contributed by atoms with E-state index in [2.05, 4.69) is 0 Å². The van der Waals surface area contributed by atoms with Gasteiger partial charge in [0, 0.05) is 0 Å². The minimum atomic E-state index is -1.14. The van der Waals surface area contributed by atoms with Crippen LogP contribution in [0.1, 0.15) is 32.1 Å². The van der Waals surface area contributed by atoms with E-state index in [9.17, 15) is 4.57 Å². The zero-order valence-corrected chi connectivity index (χ0v) is 9.25. The van der Waals surface area contributed by atoms with Crippen molar-refractivity contribution in [3.05, 3.63) is 30.3 Å². The highest BCUT2D eigenvalue weighted by Gasteiger charge is 2.33. The van der Waals surface area contributed by atoms with Crippen LogP contribution in [0.15, 0.2) is 30.3 Å². The Bertz CT molecular complexity index is 301. The van der Waals surface area contributed by atoms with Crippen LogP contribution in [-0.4, -0.2) is 5.66 Å². The molecule has 74 valence electrons. The van der Waals surface area contributed by atoms with E-state index < -0.39 is 7.80 Å². The lowest BCUT2D eigenvalue weighted by molar-refractivity contribution is 0.494. The summed E-state index contributed by atoms with van der Waals surface area (Å²) in [7, 11) is -1.14. The summed E-state index contributed by atoms with van der Waals surface area (Å²) in [5.74, 6) is 0. The average molecular weight is 207 g/mol. The molecule has 1 fully saturated rings. The molecule has 14 heavy (non-hydrogen) atoms. The molecule has 0 amide bonds. The lowest BCUT2D eigenvalue weighted by Gasteiger charge is -2.12. The van der Waals surface area contributed by atoms with Crippen molar-refractivity contribution < 1.29 is 4.57 Å². The van der Waals surface area contributed by atoms with Gasteiger partial charge < -0.3 is 0 Å². The Morgan fingerprint density at radius 2 is 1.64 bits per heavy atom. The van der Waals surface area contributed by atoms with Gasteiger partial charge in [-0.15, -0.1) is 0 Å². The fraction of sp³-hybridized carbons (Fsp3) is 0.500. The summed E-state index contributed by atoms with van der Waals surface area (Å²) in [6, 6.07) is 9.92. The molecular weight excluding hydrogens is 191 g/mol. The lowest BCUT2D eigenvalue weighted by Crippen LogP contribution is -2.12. The monoisotopic (exact) mass is 207 g/mol. The third kappa shape index (κ3) is 2.22. The van der Waals surface area contributed by atoms with Gasteiger partial charge in [-0.1, -0.05) is 29.2 Å². The van der Waals surface area contributed by atoms with Gasteiger partial charge in [0.2, 0.25) is 0 Å². The van der Waals surface area contributed by atoms with Crippen molar-refractivity contribution in [3.63, 3.8) is 0 Å². The van der Waals surface area contributed by atoms with Crippen LogP contribution in [0.25, 0.3) is 0 Å². The summed E-state index contributed by atoms with van der Waals surface area (Å²) >= 11 is 0. The van der Waals surface area contributed by atoms with E-state index in [0.717, 1.165) is 18.1 Å². The van der Waals surface area contributed by atoms with Crippen LogP contribution in [0.4, 0.5) is 0 Å². The fourth-order valence-corrected chi connectivity index (χ4v) is 3.82. The second kappa shape index (κ2) is 4.70. The normalized spacial score (nSPS) is 19.3. The molecule has 1 aliphatic rings. The van der Waals surface area contributed by atoms with Crippen LogP contribution >= 0.6 is 7.80 Å². The van der Waals surface area contributed by atoms with Crippen LogP contribution < -0.4 is 5.30 Å². The molecule has 0 aromatic heterocycles. The van der Waals surface area contributed by atoms with E-state index in [0.29, 0.717) is 5.66 Å². The summed E-state index contributed by atoms with van der Waals surface area (Å²) in [4.78, 5) is 0. The second-order valence-corrected chi connectivity index (χ2v) is 5.85. The van der Waals surface area contributed by atoms with E-state index in [1.54, 1.807) is 0 Å². The standard InChI is InChI=1S/C12H16OP/c13-14(11-7-3-1-4-8-11)12-9-5-2-6-10-12/h1,3-4,7-8,12H,2,5-6,9-10H2/q+1. The largest absolute Gasteiger partial charge is 0.379 e. The van der Waals surface area contributed by atoms with E-state index >= 15 is 0 Å². The Morgan fingerprint density at radius 3 is 2.29 bits per heavy atom. The first-order valence-electron chi connectivity index (χ1n) is 5.39. The van der Waals surface area contributed by atoms with Crippen LogP contribution in [0.5, 0.6) is 0 Å². The highest BCUT2D eigenvalue weighted by atomic mass is 31.1. The van der Waals surface area contributed by atoms with Crippen molar-refractivity contribution in [3.8, 4) is 0 Å². The van der Waals surface area contributed by atoms with Gasteiger partial charge in [0.25, 0.3) is 0 Å². The molecule has 0 spiro atoms. The van der Waals surface area contributed by atoms with E-state index in [1.165, 1.54) is 19.3 Å². The van der Waals surface area contributed by atoms with Gasteiger partial charge in [0.1, 0.15) is 0 Å². The van der Waals surface area contributed by atoms with Gasteiger partial charge in [-0.2, -0.15) is 0 Å². The van der Waals surface area contributed by atoms with Crippen molar-refractivity contribution in [1.29, 1.82) is 0 Å². The molecule has 0 saturated heterocycles.